The summed E-state index contributed by atoms with van der Waals surface area (Å²) in [5, 5.41) is 9.22. The van der Waals surface area contributed by atoms with E-state index in [-0.39, 0.29) is 35.8 Å². The quantitative estimate of drug-likeness (QED) is 0.370. The van der Waals surface area contributed by atoms with Gasteiger partial charge in [0.2, 0.25) is 5.91 Å². The molecule has 1 saturated carbocycles. The van der Waals surface area contributed by atoms with Crippen LogP contribution < -0.4 is 20.9 Å². The molecule has 0 atom stereocenters. The molecule has 1 saturated heterocycles. The number of aromatic amines is 1. The first-order chi connectivity index (χ1) is 18.7. The van der Waals surface area contributed by atoms with E-state index in [9.17, 15) is 14.4 Å². The number of hydrogen-bond acceptors (Lipinski definition) is 7. The van der Waals surface area contributed by atoms with E-state index >= 15 is 0 Å². The number of H-pyrrole nitrogens is 1. The number of aromatic nitrogens is 2. The van der Waals surface area contributed by atoms with E-state index < -0.39 is 17.4 Å². The standard InChI is InChI=1S/C27H37ClN6O5/c1-27(2,38-3)15-29-25(36)22-23(31-16-30-22)26(37)32-18-6-4-17(5-7-18)24(35)33-21-14-19(8-9-20(21)28)34-10-12-39-13-11-34/h8-9,14,16-18H,4-7,10-13,15H2,1-3H3,(H,29,36)(H,30,31)(H,32,37)(H,33,35). The monoisotopic (exact) mass is 560 g/mol. The molecule has 2 aromatic rings. The summed E-state index contributed by atoms with van der Waals surface area (Å²) in [5.41, 5.74) is 1.19. The van der Waals surface area contributed by atoms with Crippen LogP contribution in [0.3, 0.4) is 0 Å². The van der Waals surface area contributed by atoms with Crippen LogP contribution in [0.1, 0.15) is 60.5 Å². The van der Waals surface area contributed by atoms with E-state index in [0.717, 1.165) is 18.8 Å². The SMILES string of the molecule is COC(C)(C)CNC(=O)c1[nH]cnc1C(=O)NC1CCC(C(=O)Nc2cc(N3CCOCC3)ccc2Cl)CC1. The van der Waals surface area contributed by atoms with Crippen LogP contribution in [0.15, 0.2) is 24.5 Å². The van der Waals surface area contributed by atoms with Gasteiger partial charge >= 0.3 is 0 Å². The Morgan fingerprint density at radius 1 is 1.15 bits per heavy atom. The molecule has 11 nitrogen and oxygen atoms in total. The number of amides is 3. The summed E-state index contributed by atoms with van der Waals surface area (Å²) in [6.07, 6.45) is 3.85. The zero-order valence-electron chi connectivity index (χ0n) is 22.6. The fourth-order valence-electron chi connectivity index (χ4n) is 4.71. The summed E-state index contributed by atoms with van der Waals surface area (Å²) in [4.78, 5) is 47.6. The van der Waals surface area contributed by atoms with E-state index in [4.69, 9.17) is 21.1 Å². The molecule has 39 heavy (non-hydrogen) atoms. The highest BCUT2D eigenvalue weighted by Crippen LogP contribution is 2.31. The molecule has 0 unspecified atom stereocenters. The van der Waals surface area contributed by atoms with Gasteiger partial charge in [0.15, 0.2) is 5.69 Å². The molecule has 0 bridgehead atoms. The Morgan fingerprint density at radius 3 is 2.56 bits per heavy atom. The molecule has 2 heterocycles. The third kappa shape index (κ3) is 7.49. The van der Waals surface area contributed by atoms with Crippen LogP contribution in [0, 0.1) is 5.92 Å². The second-order valence-electron chi connectivity index (χ2n) is 10.5. The normalized spacial score (nSPS) is 19.8. The minimum atomic E-state index is -0.542. The number of benzene rings is 1. The van der Waals surface area contributed by atoms with E-state index in [1.54, 1.807) is 13.2 Å². The number of imidazole rings is 1. The predicted octanol–water partition coefficient (Wildman–Crippen LogP) is 2.98. The summed E-state index contributed by atoms with van der Waals surface area (Å²) in [7, 11) is 1.57. The topological polar surface area (TPSA) is 138 Å². The minimum absolute atomic E-state index is 0.0392. The van der Waals surface area contributed by atoms with Crippen LogP contribution >= 0.6 is 11.6 Å². The Bertz CT molecular complexity index is 1170. The Morgan fingerprint density at radius 2 is 1.87 bits per heavy atom. The summed E-state index contributed by atoms with van der Waals surface area (Å²) >= 11 is 6.38. The number of nitrogens with zero attached hydrogens (tertiary/aromatic N) is 2. The Labute approximate surface area is 233 Å². The first-order valence-electron chi connectivity index (χ1n) is 13.3. The van der Waals surface area contributed by atoms with Crippen molar-refractivity contribution in [3.63, 3.8) is 0 Å². The second-order valence-corrected chi connectivity index (χ2v) is 11.0. The van der Waals surface area contributed by atoms with Crippen LogP contribution in [-0.4, -0.2) is 79.3 Å². The van der Waals surface area contributed by atoms with Crippen molar-refractivity contribution in [2.75, 3.05) is 50.2 Å². The highest BCUT2D eigenvalue weighted by atomic mass is 35.5. The maximum atomic E-state index is 13.0. The van der Waals surface area contributed by atoms with Crippen molar-refractivity contribution >= 4 is 40.7 Å². The van der Waals surface area contributed by atoms with Crippen molar-refractivity contribution in [1.82, 2.24) is 20.6 Å². The van der Waals surface area contributed by atoms with Gasteiger partial charge < -0.3 is 35.3 Å². The summed E-state index contributed by atoms with van der Waals surface area (Å²) in [5.74, 6) is -1.12. The molecular weight excluding hydrogens is 524 g/mol. The molecule has 12 heteroatoms. The largest absolute Gasteiger partial charge is 0.378 e. The van der Waals surface area contributed by atoms with E-state index in [1.165, 1.54) is 6.33 Å². The molecule has 4 N–H and O–H groups in total. The van der Waals surface area contributed by atoms with Gasteiger partial charge in [-0.1, -0.05) is 11.6 Å². The van der Waals surface area contributed by atoms with Crippen LogP contribution in [0.2, 0.25) is 5.02 Å². The number of halogens is 1. The highest BCUT2D eigenvalue weighted by molar-refractivity contribution is 6.33. The summed E-state index contributed by atoms with van der Waals surface area (Å²) in [6, 6.07) is 5.54. The minimum Gasteiger partial charge on any atom is -0.378 e. The van der Waals surface area contributed by atoms with Gasteiger partial charge in [-0.15, -0.1) is 0 Å². The lowest BCUT2D eigenvalue weighted by Gasteiger charge is -2.30. The Balaban J connectivity index is 1.28. The molecular formula is C27H37ClN6O5. The number of morpholine rings is 1. The fourth-order valence-corrected chi connectivity index (χ4v) is 4.87. The molecule has 0 spiro atoms. The first-order valence-corrected chi connectivity index (χ1v) is 13.7. The van der Waals surface area contributed by atoms with Crippen LogP contribution in [0.5, 0.6) is 0 Å². The third-order valence-electron chi connectivity index (χ3n) is 7.33. The number of ether oxygens (including phenoxy) is 2. The predicted molar refractivity (Wildman–Crippen MR) is 148 cm³/mol. The zero-order valence-corrected chi connectivity index (χ0v) is 23.4. The van der Waals surface area contributed by atoms with Gasteiger partial charge in [0, 0.05) is 44.4 Å². The zero-order chi connectivity index (χ0) is 28.0. The average molecular weight is 561 g/mol. The lowest BCUT2D eigenvalue weighted by Crippen LogP contribution is -2.42. The average Bonchev–Trinajstić information content (AvgIpc) is 3.44. The molecule has 212 valence electrons. The number of rotatable bonds is 9. The third-order valence-corrected chi connectivity index (χ3v) is 7.66. The number of methoxy groups -OCH3 is 1. The second kappa shape index (κ2) is 12.8. The van der Waals surface area contributed by atoms with Gasteiger partial charge in [0.25, 0.3) is 11.8 Å². The molecule has 1 aliphatic heterocycles. The van der Waals surface area contributed by atoms with Gasteiger partial charge in [-0.05, 0) is 57.7 Å². The molecule has 1 aromatic carbocycles. The molecule has 4 rings (SSSR count). The fraction of sp³-hybridized carbons (Fsp3) is 0.556. The number of hydrogen-bond donors (Lipinski definition) is 4. The van der Waals surface area contributed by atoms with Gasteiger partial charge in [0.1, 0.15) is 5.69 Å². The van der Waals surface area contributed by atoms with Crippen LogP contribution in [0.4, 0.5) is 11.4 Å². The molecule has 2 fully saturated rings. The maximum Gasteiger partial charge on any atom is 0.272 e. The molecule has 0 radical (unpaired) electrons. The van der Waals surface area contributed by atoms with Crippen LogP contribution in [0.25, 0.3) is 0 Å². The van der Waals surface area contributed by atoms with Gasteiger partial charge in [0.05, 0.1) is 35.9 Å². The van der Waals surface area contributed by atoms with Gasteiger partial charge in [-0.25, -0.2) is 4.98 Å². The number of carbonyl (C=O) groups excluding carboxylic acids is 3. The summed E-state index contributed by atoms with van der Waals surface area (Å²) in [6.45, 7) is 6.90. The summed E-state index contributed by atoms with van der Waals surface area (Å²) < 4.78 is 10.7. The maximum absolute atomic E-state index is 13.0. The molecule has 1 aromatic heterocycles. The van der Waals surface area contributed by atoms with Crippen molar-refractivity contribution in [3.05, 3.63) is 40.9 Å². The Kier molecular flexibility index (Phi) is 9.47. The number of anilines is 2. The lowest BCUT2D eigenvalue weighted by atomic mass is 9.85. The Hall–Kier alpha value is -3.15. The van der Waals surface area contributed by atoms with Gasteiger partial charge in [-0.2, -0.15) is 0 Å². The number of nitrogens with one attached hydrogen (secondary N) is 4. The van der Waals surface area contributed by atoms with Crippen molar-refractivity contribution in [1.29, 1.82) is 0 Å². The molecule has 1 aliphatic carbocycles. The van der Waals surface area contributed by atoms with Crippen molar-refractivity contribution in [3.8, 4) is 0 Å². The van der Waals surface area contributed by atoms with E-state index in [1.807, 2.05) is 26.0 Å². The van der Waals surface area contributed by atoms with Crippen molar-refractivity contribution in [2.45, 2.75) is 51.2 Å². The lowest BCUT2D eigenvalue weighted by molar-refractivity contribution is -0.120. The van der Waals surface area contributed by atoms with Crippen molar-refractivity contribution in [2.24, 2.45) is 5.92 Å². The molecule has 2 aliphatic rings. The molecule has 3 amide bonds. The van der Waals surface area contributed by atoms with Crippen molar-refractivity contribution < 1.29 is 23.9 Å². The van der Waals surface area contributed by atoms with E-state index in [2.05, 4.69) is 30.8 Å². The van der Waals surface area contributed by atoms with Crippen LogP contribution in [-0.2, 0) is 14.3 Å². The smallest absolute Gasteiger partial charge is 0.272 e. The highest BCUT2D eigenvalue weighted by Gasteiger charge is 2.30. The first kappa shape index (κ1) is 28.8. The number of carbonyl (C=O) groups is 3. The van der Waals surface area contributed by atoms with E-state index in [0.29, 0.717) is 49.6 Å². The van der Waals surface area contributed by atoms with Gasteiger partial charge in [-0.3, -0.25) is 14.4 Å².